The lowest BCUT2D eigenvalue weighted by atomic mass is 9.94. The Morgan fingerprint density at radius 2 is 1.87 bits per heavy atom. The number of tetrazole rings is 1. The number of aromatic nitrogens is 6. The molecule has 30 heavy (non-hydrogen) atoms. The number of rotatable bonds is 7. The van der Waals surface area contributed by atoms with Crippen LogP contribution in [-0.2, 0) is 12.8 Å². The van der Waals surface area contributed by atoms with Crippen molar-refractivity contribution in [3.8, 4) is 22.5 Å². The molecule has 2 heterocycles. The van der Waals surface area contributed by atoms with Crippen molar-refractivity contribution >= 4 is 5.82 Å². The van der Waals surface area contributed by atoms with Gasteiger partial charge in [0.2, 0.25) is 5.82 Å². The lowest BCUT2D eigenvalue weighted by Gasteiger charge is -2.15. The number of benzene rings is 2. The minimum atomic E-state index is 0.557. The Morgan fingerprint density at radius 3 is 2.57 bits per heavy atom. The lowest BCUT2D eigenvalue weighted by molar-refractivity contribution is 0.833. The van der Waals surface area contributed by atoms with E-state index in [-0.39, 0.29) is 0 Å². The molecule has 0 fully saturated rings. The zero-order chi connectivity index (χ0) is 20.9. The maximum atomic E-state index is 5.77. The van der Waals surface area contributed by atoms with Gasteiger partial charge in [-0.1, -0.05) is 55.8 Å². The van der Waals surface area contributed by atoms with Crippen molar-refractivity contribution in [2.24, 2.45) is 5.84 Å². The number of anilines is 1. The number of hydrogen-bond donors (Lipinski definition) is 3. The Morgan fingerprint density at radius 1 is 1.03 bits per heavy atom. The molecule has 0 aliphatic carbocycles. The SMILES string of the molecule is CCCc1nc(C)nc(NN)c1Cc1ccc(-c2ccccc2)c(-c2nn[nH]n2)c1. The smallest absolute Gasteiger partial charge is 0.205 e. The number of aromatic amines is 1. The molecule has 8 nitrogen and oxygen atoms in total. The summed E-state index contributed by atoms with van der Waals surface area (Å²) in [5.74, 6) is 7.71. The monoisotopic (exact) mass is 400 g/mol. The van der Waals surface area contributed by atoms with E-state index >= 15 is 0 Å². The first-order valence-corrected chi connectivity index (χ1v) is 9.94. The molecule has 8 heteroatoms. The number of nitrogens with zero attached hydrogens (tertiary/aromatic N) is 5. The van der Waals surface area contributed by atoms with Crippen LogP contribution in [0.25, 0.3) is 22.5 Å². The van der Waals surface area contributed by atoms with E-state index in [9.17, 15) is 0 Å². The molecular formula is C22H24N8. The molecular weight excluding hydrogens is 376 g/mol. The maximum Gasteiger partial charge on any atom is 0.205 e. The summed E-state index contributed by atoms with van der Waals surface area (Å²) in [4.78, 5) is 9.14. The number of hydrogen-bond acceptors (Lipinski definition) is 7. The summed E-state index contributed by atoms with van der Waals surface area (Å²) in [5, 5.41) is 14.7. The normalized spacial score (nSPS) is 10.9. The zero-order valence-corrected chi connectivity index (χ0v) is 17.1. The van der Waals surface area contributed by atoms with Crippen molar-refractivity contribution in [2.45, 2.75) is 33.1 Å². The van der Waals surface area contributed by atoms with E-state index in [4.69, 9.17) is 5.84 Å². The molecule has 0 spiro atoms. The highest BCUT2D eigenvalue weighted by molar-refractivity contribution is 5.81. The van der Waals surface area contributed by atoms with Crippen LogP contribution >= 0.6 is 0 Å². The van der Waals surface area contributed by atoms with E-state index in [0.717, 1.165) is 46.4 Å². The van der Waals surface area contributed by atoms with Gasteiger partial charge in [0.1, 0.15) is 11.6 Å². The Balaban J connectivity index is 1.79. The summed E-state index contributed by atoms with van der Waals surface area (Å²) >= 11 is 0. The van der Waals surface area contributed by atoms with Crippen molar-refractivity contribution in [3.05, 3.63) is 71.2 Å². The quantitative estimate of drug-likeness (QED) is 0.321. The summed E-state index contributed by atoms with van der Waals surface area (Å²) in [5.41, 5.74) is 8.93. The van der Waals surface area contributed by atoms with E-state index in [1.165, 1.54) is 0 Å². The second-order valence-corrected chi connectivity index (χ2v) is 7.10. The van der Waals surface area contributed by atoms with Gasteiger partial charge in [0.25, 0.3) is 0 Å². The predicted octanol–water partition coefficient (Wildman–Crippen LogP) is 3.46. The third-order valence-electron chi connectivity index (χ3n) is 4.96. The fourth-order valence-corrected chi connectivity index (χ4v) is 3.64. The third-order valence-corrected chi connectivity index (χ3v) is 4.96. The van der Waals surface area contributed by atoms with Gasteiger partial charge in [0.05, 0.1) is 0 Å². The van der Waals surface area contributed by atoms with Gasteiger partial charge in [-0.3, -0.25) is 0 Å². The van der Waals surface area contributed by atoms with Crippen molar-refractivity contribution < 1.29 is 0 Å². The highest BCUT2D eigenvalue weighted by Crippen LogP contribution is 2.32. The molecule has 0 saturated carbocycles. The van der Waals surface area contributed by atoms with Crippen LogP contribution in [0.3, 0.4) is 0 Å². The number of nitrogens with one attached hydrogen (secondary N) is 2. The number of H-pyrrole nitrogens is 1. The second-order valence-electron chi connectivity index (χ2n) is 7.10. The van der Waals surface area contributed by atoms with Crippen LogP contribution in [0.1, 0.15) is 36.0 Å². The molecule has 2 aromatic carbocycles. The molecule has 0 aliphatic heterocycles. The zero-order valence-electron chi connectivity index (χ0n) is 17.1. The Hall–Kier alpha value is -3.65. The molecule has 0 radical (unpaired) electrons. The summed E-state index contributed by atoms with van der Waals surface area (Å²) in [6.45, 7) is 4.02. The first kappa shape index (κ1) is 19.7. The molecule has 0 aliphatic rings. The highest BCUT2D eigenvalue weighted by Gasteiger charge is 2.16. The summed E-state index contributed by atoms with van der Waals surface area (Å²) in [7, 11) is 0. The number of hydrazine groups is 1. The predicted molar refractivity (Wildman–Crippen MR) is 116 cm³/mol. The number of nitrogen functional groups attached to an aromatic ring is 1. The van der Waals surface area contributed by atoms with Crippen molar-refractivity contribution in [2.75, 3.05) is 5.43 Å². The fraction of sp³-hybridized carbons (Fsp3) is 0.227. The summed E-state index contributed by atoms with van der Waals surface area (Å²) in [6, 6.07) is 16.5. The van der Waals surface area contributed by atoms with Crippen LogP contribution in [0.5, 0.6) is 0 Å². The summed E-state index contributed by atoms with van der Waals surface area (Å²) < 4.78 is 0. The fourth-order valence-electron chi connectivity index (χ4n) is 3.64. The number of nitrogens with two attached hydrogens (primary N) is 1. The van der Waals surface area contributed by atoms with E-state index in [2.05, 4.69) is 73.3 Å². The van der Waals surface area contributed by atoms with Gasteiger partial charge < -0.3 is 5.43 Å². The molecule has 152 valence electrons. The molecule has 0 amide bonds. The molecule has 0 unspecified atom stereocenters. The second kappa shape index (κ2) is 8.79. The standard InChI is InChI=1S/C22H24N8/c1-3-7-20-19(21(26-23)25-14(2)24-20)13-15-10-11-17(16-8-5-4-6-9-16)18(12-15)22-27-29-30-28-22/h4-6,8-12H,3,7,13,23H2,1-2H3,(H,24,25,26)(H,27,28,29,30). The molecule has 4 rings (SSSR count). The molecule has 4 N–H and O–H groups in total. The lowest BCUT2D eigenvalue weighted by Crippen LogP contribution is -2.15. The van der Waals surface area contributed by atoms with Crippen LogP contribution in [0.15, 0.2) is 48.5 Å². The average Bonchev–Trinajstić information content (AvgIpc) is 3.31. The summed E-state index contributed by atoms with van der Waals surface area (Å²) in [6.07, 6.45) is 2.51. The van der Waals surface area contributed by atoms with E-state index < -0.39 is 0 Å². The van der Waals surface area contributed by atoms with Crippen molar-refractivity contribution in [1.82, 2.24) is 30.6 Å². The van der Waals surface area contributed by atoms with Gasteiger partial charge in [-0.2, -0.15) is 5.21 Å². The third kappa shape index (κ3) is 4.04. The molecule has 2 aromatic heterocycles. The van der Waals surface area contributed by atoms with Gasteiger partial charge in [-0.25, -0.2) is 15.8 Å². The molecule has 4 aromatic rings. The van der Waals surface area contributed by atoms with Crippen LogP contribution in [0.4, 0.5) is 5.82 Å². The minimum Gasteiger partial charge on any atom is -0.308 e. The number of aryl methyl sites for hydroxylation is 2. The van der Waals surface area contributed by atoms with Gasteiger partial charge >= 0.3 is 0 Å². The van der Waals surface area contributed by atoms with E-state index in [1.54, 1.807) is 0 Å². The minimum absolute atomic E-state index is 0.557. The maximum absolute atomic E-state index is 5.77. The molecule has 0 saturated heterocycles. The first-order chi connectivity index (χ1) is 14.7. The van der Waals surface area contributed by atoms with Crippen LogP contribution in [-0.4, -0.2) is 30.6 Å². The van der Waals surface area contributed by atoms with Crippen molar-refractivity contribution in [3.63, 3.8) is 0 Å². The van der Waals surface area contributed by atoms with Crippen LogP contribution in [0.2, 0.25) is 0 Å². The van der Waals surface area contributed by atoms with Crippen LogP contribution < -0.4 is 11.3 Å². The Bertz CT molecular complexity index is 1120. The highest BCUT2D eigenvalue weighted by atomic mass is 15.5. The molecule has 0 atom stereocenters. The van der Waals surface area contributed by atoms with Crippen molar-refractivity contribution in [1.29, 1.82) is 0 Å². The van der Waals surface area contributed by atoms with Gasteiger partial charge in [0.15, 0.2) is 0 Å². The van der Waals surface area contributed by atoms with Gasteiger partial charge in [0, 0.05) is 23.2 Å². The van der Waals surface area contributed by atoms with E-state index in [0.29, 0.717) is 23.9 Å². The average molecular weight is 400 g/mol. The Labute approximate surface area is 175 Å². The first-order valence-electron chi connectivity index (χ1n) is 9.94. The molecule has 0 bridgehead atoms. The van der Waals surface area contributed by atoms with Crippen LogP contribution in [0, 0.1) is 6.92 Å². The van der Waals surface area contributed by atoms with E-state index in [1.807, 2.05) is 25.1 Å². The van der Waals surface area contributed by atoms with Gasteiger partial charge in [-0.05, 0) is 41.3 Å². The Kier molecular flexibility index (Phi) is 5.76. The largest absolute Gasteiger partial charge is 0.308 e. The topological polar surface area (TPSA) is 118 Å². The van der Waals surface area contributed by atoms with Gasteiger partial charge in [-0.15, -0.1) is 10.2 Å².